The van der Waals surface area contributed by atoms with Crippen LogP contribution in [-0.4, -0.2) is 105 Å². The zero-order valence-corrected chi connectivity index (χ0v) is 26.1. The van der Waals surface area contributed by atoms with Crippen molar-refractivity contribution in [2.75, 3.05) is 13.2 Å². The van der Waals surface area contributed by atoms with Crippen LogP contribution >= 0.6 is 0 Å². The topological polar surface area (TPSA) is 158 Å². The third kappa shape index (κ3) is 4.41. The van der Waals surface area contributed by atoms with Crippen LogP contribution in [0, 0.1) is 52.3 Å². The van der Waals surface area contributed by atoms with Crippen molar-refractivity contribution in [2.24, 2.45) is 52.3 Å². The largest absolute Gasteiger partial charge is 0.394 e. The second-order valence-electron chi connectivity index (χ2n) is 16.1. The summed E-state index contributed by atoms with van der Waals surface area (Å²) >= 11 is 0. The van der Waals surface area contributed by atoms with E-state index in [4.69, 9.17) is 18.9 Å². The first-order valence-corrected chi connectivity index (χ1v) is 17.0. The second-order valence-corrected chi connectivity index (χ2v) is 16.1. The van der Waals surface area contributed by atoms with Crippen molar-refractivity contribution in [2.45, 2.75) is 140 Å². The Bertz CT molecular complexity index is 1040. The van der Waals surface area contributed by atoms with Crippen LogP contribution in [0.3, 0.4) is 0 Å². The first-order valence-electron chi connectivity index (χ1n) is 17.0. The Morgan fingerprint density at radius 2 is 1.58 bits per heavy atom. The van der Waals surface area contributed by atoms with Crippen molar-refractivity contribution in [3.63, 3.8) is 0 Å². The molecule has 0 amide bonds. The van der Waals surface area contributed by atoms with E-state index in [1.807, 2.05) is 6.92 Å². The Morgan fingerprint density at radius 1 is 0.837 bits per heavy atom. The van der Waals surface area contributed by atoms with E-state index in [2.05, 4.69) is 20.8 Å². The van der Waals surface area contributed by atoms with E-state index in [1.54, 1.807) is 0 Å². The van der Waals surface area contributed by atoms with Crippen LogP contribution in [0.1, 0.15) is 79.1 Å². The molecule has 3 aliphatic heterocycles. The van der Waals surface area contributed by atoms with E-state index in [-0.39, 0.29) is 35.4 Å². The molecule has 19 unspecified atom stereocenters. The van der Waals surface area contributed by atoms with Gasteiger partial charge >= 0.3 is 0 Å². The SMILES string of the molecule is CC1COC2(OC3CC4C5CCC6CC(O)CCC6(C)C5CCC4(C)C3C2C)C(O)C1OC1OC(CO)C(O)C(O)C1O. The summed E-state index contributed by atoms with van der Waals surface area (Å²) in [5.74, 6) is 1.15. The Morgan fingerprint density at radius 3 is 2.33 bits per heavy atom. The summed E-state index contributed by atoms with van der Waals surface area (Å²) in [5.41, 5.74) is 0.383. The molecule has 4 saturated carbocycles. The smallest absolute Gasteiger partial charge is 0.200 e. The molecule has 6 N–H and O–H groups in total. The van der Waals surface area contributed by atoms with Gasteiger partial charge in [0.05, 0.1) is 31.5 Å². The van der Waals surface area contributed by atoms with Crippen LogP contribution in [0.25, 0.3) is 0 Å². The van der Waals surface area contributed by atoms with Crippen molar-refractivity contribution in [1.82, 2.24) is 0 Å². The van der Waals surface area contributed by atoms with Gasteiger partial charge in [0.25, 0.3) is 0 Å². The van der Waals surface area contributed by atoms with Crippen LogP contribution in [0.15, 0.2) is 0 Å². The van der Waals surface area contributed by atoms with Gasteiger partial charge in [-0.05, 0) is 91.8 Å². The van der Waals surface area contributed by atoms with Gasteiger partial charge in [-0.25, -0.2) is 0 Å². The normalized spacial score (nSPS) is 61.5. The number of hydrogen-bond acceptors (Lipinski definition) is 10. The molecule has 1 spiro atoms. The van der Waals surface area contributed by atoms with Crippen molar-refractivity contribution in [3.05, 3.63) is 0 Å². The third-order valence-electron chi connectivity index (χ3n) is 14.2. The lowest BCUT2D eigenvalue weighted by Gasteiger charge is -2.61. The van der Waals surface area contributed by atoms with E-state index in [0.717, 1.165) is 32.1 Å². The minimum atomic E-state index is -1.55. The second kappa shape index (κ2) is 10.8. The molecule has 4 aliphatic carbocycles. The summed E-state index contributed by atoms with van der Waals surface area (Å²) < 4.78 is 25.1. The fourth-order valence-corrected chi connectivity index (χ4v) is 11.9. The summed E-state index contributed by atoms with van der Waals surface area (Å²) in [4.78, 5) is 0. The zero-order valence-electron chi connectivity index (χ0n) is 26.1. The van der Waals surface area contributed by atoms with Gasteiger partial charge in [0, 0.05) is 11.8 Å². The molecule has 0 aromatic rings. The lowest BCUT2D eigenvalue weighted by Crippen LogP contribution is -2.65. The van der Waals surface area contributed by atoms with Gasteiger partial charge in [-0.2, -0.15) is 0 Å². The van der Waals surface area contributed by atoms with Crippen LogP contribution in [-0.2, 0) is 18.9 Å². The minimum absolute atomic E-state index is 0.0292. The molecule has 0 aromatic heterocycles. The molecule has 7 aliphatic rings. The highest BCUT2D eigenvalue weighted by atomic mass is 16.7. The summed E-state index contributed by atoms with van der Waals surface area (Å²) in [6, 6.07) is 0. The molecule has 7 fully saturated rings. The molecule has 0 bridgehead atoms. The minimum Gasteiger partial charge on any atom is -0.394 e. The Hall–Kier alpha value is -0.400. The van der Waals surface area contributed by atoms with Crippen LogP contribution in [0.4, 0.5) is 0 Å². The number of aliphatic hydroxyl groups excluding tert-OH is 6. The average molecular weight is 611 g/mol. The molecule has 43 heavy (non-hydrogen) atoms. The molecule has 10 nitrogen and oxygen atoms in total. The Labute approximate surface area is 255 Å². The van der Waals surface area contributed by atoms with Crippen LogP contribution in [0.5, 0.6) is 0 Å². The predicted octanol–water partition coefficient (Wildman–Crippen LogP) is 1.56. The van der Waals surface area contributed by atoms with Crippen molar-refractivity contribution in [1.29, 1.82) is 0 Å². The van der Waals surface area contributed by atoms with E-state index in [9.17, 15) is 30.6 Å². The molecule has 10 heteroatoms. The highest BCUT2D eigenvalue weighted by Gasteiger charge is 2.72. The van der Waals surface area contributed by atoms with Crippen LogP contribution in [0.2, 0.25) is 0 Å². The zero-order chi connectivity index (χ0) is 30.6. The molecule has 7 rings (SSSR count). The molecule has 0 radical (unpaired) electrons. The van der Waals surface area contributed by atoms with Crippen molar-refractivity contribution < 1.29 is 49.6 Å². The maximum atomic E-state index is 11.9. The Kier molecular flexibility index (Phi) is 7.86. The lowest BCUT2D eigenvalue weighted by atomic mass is 9.44. The van der Waals surface area contributed by atoms with E-state index >= 15 is 0 Å². The lowest BCUT2D eigenvalue weighted by molar-refractivity contribution is -0.374. The molecule has 0 aromatic carbocycles. The fraction of sp³-hybridized carbons (Fsp3) is 1.00. The quantitative estimate of drug-likeness (QED) is 0.277. The molecule has 3 saturated heterocycles. The van der Waals surface area contributed by atoms with Gasteiger partial charge in [0.15, 0.2) is 12.1 Å². The number of aliphatic hydroxyl groups is 6. The van der Waals surface area contributed by atoms with E-state index in [0.29, 0.717) is 35.7 Å². The number of rotatable bonds is 3. The monoisotopic (exact) mass is 610 g/mol. The summed E-state index contributed by atoms with van der Waals surface area (Å²) in [6.07, 6.45) is -0.426. The number of fused-ring (bicyclic) bond motifs is 7. The van der Waals surface area contributed by atoms with E-state index in [1.165, 1.54) is 19.3 Å². The summed E-state index contributed by atoms with van der Waals surface area (Å²) in [6.45, 7) is 8.75. The average Bonchev–Trinajstić information content (AvgIpc) is 3.44. The summed E-state index contributed by atoms with van der Waals surface area (Å²) in [7, 11) is 0. The molecule has 19 atom stereocenters. The standard InChI is InChI=1S/C33H54O10/c1-15-14-40-33(29(39)28(15)42-30-27(38)26(37)25(36)23(13-34)41-30)16(2)24-22(43-33)12-21-19-6-5-17-11-18(35)7-9-31(17,3)20(19)8-10-32(21,24)4/h15-30,34-39H,5-14H2,1-4H3. The molecule has 3 heterocycles. The maximum Gasteiger partial charge on any atom is 0.200 e. The molecule has 246 valence electrons. The fourth-order valence-electron chi connectivity index (χ4n) is 11.9. The third-order valence-corrected chi connectivity index (χ3v) is 14.2. The Balaban J connectivity index is 1.10. The van der Waals surface area contributed by atoms with Crippen molar-refractivity contribution >= 4 is 0 Å². The van der Waals surface area contributed by atoms with Gasteiger partial charge in [-0.1, -0.05) is 27.7 Å². The highest BCUT2D eigenvalue weighted by molar-refractivity contribution is 5.17. The summed E-state index contributed by atoms with van der Waals surface area (Å²) in [5, 5.41) is 63.1. The predicted molar refractivity (Wildman–Crippen MR) is 153 cm³/mol. The van der Waals surface area contributed by atoms with E-state index < -0.39 is 55.3 Å². The first-order chi connectivity index (χ1) is 20.4. The van der Waals surface area contributed by atoms with Crippen LogP contribution < -0.4 is 0 Å². The van der Waals surface area contributed by atoms with Crippen molar-refractivity contribution in [3.8, 4) is 0 Å². The molecular formula is C33H54O10. The first kappa shape index (κ1) is 31.2. The molecular weight excluding hydrogens is 556 g/mol. The van der Waals surface area contributed by atoms with Gasteiger partial charge in [0.2, 0.25) is 0 Å². The number of ether oxygens (including phenoxy) is 4. The number of hydrogen-bond donors (Lipinski definition) is 6. The van der Waals surface area contributed by atoms with Gasteiger partial charge in [-0.3, -0.25) is 0 Å². The van der Waals surface area contributed by atoms with Gasteiger partial charge < -0.3 is 49.6 Å². The maximum absolute atomic E-state index is 11.9. The van der Waals surface area contributed by atoms with Gasteiger partial charge in [0.1, 0.15) is 30.5 Å². The van der Waals surface area contributed by atoms with Gasteiger partial charge in [-0.15, -0.1) is 0 Å². The highest BCUT2D eigenvalue weighted by Crippen LogP contribution is 2.71.